The largest absolute Gasteiger partial charge is 0.354 e. The van der Waals surface area contributed by atoms with Crippen LogP contribution < -0.4 is 5.32 Å². The van der Waals surface area contributed by atoms with Crippen LogP contribution in [0, 0.1) is 12.7 Å². The maximum Gasteiger partial charge on any atom is 0.223 e. The van der Waals surface area contributed by atoms with Gasteiger partial charge in [-0.3, -0.25) is 0 Å². The molecule has 1 aromatic heterocycles. The molecular formula is C13H13ClFN3. The monoisotopic (exact) mass is 265 g/mol. The first-order valence-corrected chi connectivity index (χ1v) is 6.03. The molecule has 0 radical (unpaired) electrons. The molecule has 1 heterocycles. The van der Waals surface area contributed by atoms with Gasteiger partial charge in [0.05, 0.1) is 10.7 Å². The molecule has 0 spiro atoms. The number of halogens is 2. The van der Waals surface area contributed by atoms with Crippen molar-refractivity contribution in [3.8, 4) is 11.3 Å². The summed E-state index contributed by atoms with van der Waals surface area (Å²) in [6.45, 7) is 4.54. The molecule has 0 saturated heterocycles. The number of aromatic nitrogens is 2. The normalized spacial score (nSPS) is 10.4. The predicted octanol–water partition coefficient (Wildman–Crippen LogP) is 3.68. The van der Waals surface area contributed by atoms with E-state index < -0.39 is 0 Å². The Kier molecular flexibility index (Phi) is 3.77. The Morgan fingerprint density at radius 3 is 2.78 bits per heavy atom. The van der Waals surface area contributed by atoms with Gasteiger partial charge in [0, 0.05) is 17.8 Å². The van der Waals surface area contributed by atoms with E-state index in [2.05, 4.69) is 15.3 Å². The summed E-state index contributed by atoms with van der Waals surface area (Å²) in [5.41, 5.74) is 1.99. The van der Waals surface area contributed by atoms with Gasteiger partial charge < -0.3 is 5.32 Å². The Balaban J connectivity index is 2.52. The van der Waals surface area contributed by atoms with Gasteiger partial charge in [-0.2, -0.15) is 0 Å². The number of anilines is 1. The van der Waals surface area contributed by atoms with Gasteiger partial charge >= 0.3 is 0 Å². The minimum Gasteiger partial charge on any atom is -0.354 e. The first kappa shape index (κ1) is 12.8. The molecule has 0 unspecified atom stereocenters. The summed E-state index contributed by atoms with van der Waals surface area (Å²) in [4.78, 5) is 8.56. The fraction of sp³-hybridized carbons (Fsp3) is 0.231. The topological polar surface area (TPSA) is 37.8 Å². The van der Waals surface area contributed by atoms with Gasteiger partial charge in [-0.1, -0.05) is 11.6 Å². The maximum atomic E-state index is 13.3. The lowest BCUT2D eigenvalue weighted by Gasteiger charge is -2.08. The van der Waals surface area contributed by atoms with Crippen LogP contribution in [-0.4, -0.2) is 16.5 Å². The van der Waals surface area contributed by atoms with E-state index in [0.29, 0.717) is 22.2 Å². The number of nitrogens with zero attached hydrogens (tertiary/aromatic N) is 2. The molecule has 1 N–H and O–H groups in total. The molecule has 0 amide bonds. The minimum absolute atomic E-state index is 0.337. The van der Waals surface area contributed by atoms with Crippen molar-refractivity contribution in [2.24, 2.45) is 0 Å². The third-order valence-electron chi connectivity index (χ3n) is 2.39. The van der Waals surface area contributed by atoms with Crippen LogP contribution in [0.3, 0.4) is 0 Å². The third-order valence-corrected chi connectivity index (χ3v) is 2.72. The van der Waals surface area contributed by atoms with Crippen LogP contribution in [0.25, 0.3) is 11.3 Å². The molecule has 0 atom stereocenters. The summed E-state index contributed by atoms with van der Waals surface area (Å²) in [6.07, 6.45) is 0. The smallest absolute Gasteiger partial charge is 0.223 e. The first-order chi connectivity index (χ1) is 8.60. The van der Waals surface area contributed by atoms with Crippen LogP contribution >= 0.6 is 11.6 Å². The van der Waals surface area contributed by atoms with Crippen LogP contribution in [0.1, 0.15) is 12.6 Å². The highest BCUT2D eigenvalue weighted by atomic mass is 35.5. The van der Waals surface area contributed by atoms with E-state index in [4.69, 9.17) is 11.6 Å². The van der Waals surface area contributed by atoms with E-state index in [9.17, 15) is 4.39 Å². The molecule has 1 aromatic carbocycles. The zero-order valence-electron chi connectivity index (χ0n) is 10.2. The summed E-state index contributed by atoms with van der Waals surface area (Å²) >= 11 is 6.07. The highest BCUT2D eigenvalue weighted by Gasteiger charge is 2.09. The Labute approximate surface area is 110 Å². The van der Waals surface area contributed by atoms with Crippen molar-refractivity contribution in [1.29, 1.82) is 0 Å². The van der Waals surface area contributed by atoms with Crippen molar-refractivity contribution in [1.82, 2.24) is 9.97 Å². The Morgan fingerprint density at radius 2 is 2.06 bits per heavy atom. The summed E-state index contributed by atoms with van der Waals surface area (Å²) in [6, 6.07) is 6.00. The lowest BCUT2D eigenvalue weighted by Crippen LogP contribution is -2.04. The molecule has 94 valence electrons. The summed E-state index contributed by atoms with van der Waals surface area (Å²) in [5, 5.41) is 3.50. The fourth-order valence-corrected chi connectivity index (χ4v) is 1.85. The molecule has 0 fully saturated rings. The number of hydrogen-bond acceptors (Lipinski definition) is 3. The average molecular weight is 266 g/mol. The molecule has 0 bridgehead atoms. The lowest BCUT2D eigenvalue weighted by molar-refractivity contribution is 0.628. The van der Waals surface area contributed by atoms with Crippen LogP contribution in [0.4, 0.5) is 10.3 Å². The van der Waals surface area contributed by atoms with Gasteiger partial charge in [0.2, 0.25) is 5.95 Å². The zero-order valence-corrected chi connectivity index (χ0v) is 10.9. The van der Waals surface area contributed by atoms with E-state index in [0.717, 1.165) is 12.2 Å². The molecule has 2 rings (SSSR count). The number of rotatable bonds is 3. The minimum atomic E-state index is -0.337. The summed E-state index contributed by atoms with van der Waals surface area (Å²) < 4.78 is 13.3. The second-order valence-electron chi connectivity index (χ2n) is 3.87. The predicted molar refractivity (Wildman–Crippen MR) is 71.3 cm³/mol. The third kappa shape index (κ3) is 2.76. The number of nitrogens with one attached hydrogen (secondary N) is 1. The van der Waals surface area contributed by atoms with Crippen molar-refractivity contribution in [2.45, 2.75) is 13.8 Å². The Morgan fingerprint density at radius 1 is 1.28 bits per heavy atom. The standard InChI is InChI=1S/C13H13ClFN3/c1-3-16-13-17-8(2)6-12(18-13)10-7-9(15)4-5-11(10)14/h4-7H,3H2,1-2H3,(H,16,17,18). The number of benzene rings is 1. The van der Waals surface area contributed by atoms with Crippen molar-refractivity contribution in [3.63, 3.8) is 0 Å². The SMILES string of the molecule is CCNc1nc(C)cc(-c2cc(F)ccc2Cl)n1. The maximum absolute atomic E-state index is 13.3. The average Bonchev–Trinajstić information content (AvgIpc) is 2.32. The lowest BCUT2D eigenvalue weighted by atomic mass is 10.1. The van der Waals surface area contributed by atoms with Gasteiger partial charge in [0.1, 0.15) is 5.82 Å². The second-order valence-corrected chi connectivity index (χ2v) is 4.28. The van der Waals surface area contributed by atoms with Crippen molar-refractivity contribution >= 4 is 17.5 Å². The van der Waals surface area contributed by atoms with Gasteiger partial charge in [-0.25, -0.2) is 14.4 Å². The van der Waals surface area contributed by atoms with E-state index in [1.807, 2.05) is 13.8 Å². The molecule has 18 heavy (non-hydrogen) atoms. The van der Waals surface area contributed by atoms with Crippen molar-refractivity contribution in [2.75, 3.05) is 11.9 Å². The molecule has 0 aliphatic carbocycles. The highest BCUT2D eigenvalue weighted by molar-refractivity contribution is 6.33. The highest BCUT2D eigenvalue weighted by Crippen LogP contribution is 2.28. The summed E-state index contributed by atoms with van der Waals surface area (Å²) in [5.74, 6) is 0.184. The molecule has 0 saturated carbocycles. The number of hydrogen-bond donors (Lipinski definition) is 1. The van der Waals surface area contributed by atoms with Crippen molar-refractivity contribution < 1.29 is 4.39 Å². The molecule has 5 heteroatoms. The second kappa shape index (κ2) is 5.31. The van der Waals surface area contributed by atoms with Gasteiger partial charge in [-0.05, 0) is 38.1 Å². The molecule has 0 aliphatic heterocycles. The fourth-order valence-electron chi connectivity index (χ4n) is 1.64. The van der Waals surface area contributed by atoms with Crippen LogP contribution in [0.15, 0.2) is 24.3 Å². The summed E-state index contributed by atoms with van der Waals surface area (Å²) in [7, 11) is 0. The van der Waals surface area contributed by atoms with E-state index in [1.165, 1.54) is 18.2 Å². The Bertz CT molecular complexity index is 572. The first-order valence-electron chi connectivity index (χ1n) is 5.65. The van der Waals surface area contributed by atoms with E-state index in [1.54, 1.807) is 6.07 Å². The van der Waals surface area contributed by atoms with Gasteiger partial charge in [-0.15, -0.1) is 0 Å². The van der Waals surface area contributed by atoms with Crippen molar-refractivity contribution in [3.05, 3.63) is 40.8 Å². The van der Waals surface area contributed by atoms with Crippen LogP contribution in [0.2, 0.25) is 5.02 Å². The quantitative estimate of drug-likeness (QED) is 0.920. The van der Waals surface area contributed by atoms with E-state index in [-0.39, 0.29) is 5.82 Å². The molecule has 0 aliphatic rings. The molecule has 3 nitrogen and oxygen atoms in total. The van der Waals surface area contributed by atoms with Gasteiger partial charge in [0.15, 0.2) is 0 Å². The van der Waals surface area contributed by atoms with Gasteiger partial charge in [0.25, 0.3) is 0 Å². The molecular weight excluding hydrogens is 253 g/mol. The zero-order chi connectivity index (χ0) is 13.1. The number of aryl methyl sites for hydroxylation is 1. The van der Waals surface area contributed by atoms with Crippen LogP contribution in [-0.2, 0) is 0 Å². The Hall–Kier alpha value is -1.68. The molecule has 2 aromatic rings. The van der Waals surface area contributed by atoms with E-state index >= 15 is 0 Å². The van der Waals surface area contributed by atoms with Crippen LogP contribution in [0.5, 0.6) is 0 Å².